The lowest BCUT2D eigenvalue weighted by atomic mass is 10.1. The molecule has 5 heteroatoms. The van der Waals surface area contributed by atoms with Crippen LogP contribution in [0, 0.1) is 0 Å². The number of aromatic nitrogens is 1. The molecule has 0 saturated carbocycles. The Balaban J connectivity index is 2.30. The Bertz CT molecular complexity index is 412. The first-order valence-corrected chi connectivity index (χ1v) is 5.65. The number of carbonyl (C=O) groups is 1. The summed E-state index contributed by atoms with van der Waals surface area (Å²) in [5.41, 5.74) is 0.961. The molecule has 1 aliphatic heterocycles. The van der Waals surface area contributed by atoms with Gasteiger partial charge in [-0.25, -0.2) is 4.79 Å². The molecule has 1 aromatic heterocycles. The van der Waals surface area contributed by atoms with Gasteiger partial charge in [0.2, 0.25) is 0 Å². The molecule has 1 aromatic rings. The highest BCUT2D eigenvalue weighted by molar-refractivity contribution is 5.94. The molecule has 5 nitrogen and oxygen atoms in total. The van der Waals surface area contributed by atoms with Crippen molar-refractivity contribution < 1.29 is 14.6 Å². The molecule has 1 N–H and O–H groups in total. The molecule has 0 aromatic carbocycles. The quantitative estimate of drug-likeness (QED) is 0.840. The second-order valence-corrected chi connectivity index (χ2v) is 4.36. The van der Waals surface area contributed by atoms with Crippen LogP contribution in [-0.2, 0) is 4.74 Å². The Morgan fingerprint density at radius 2 is 2.12 bits per heavy atom. The Morgan fingerprint density at radius 3 is 2.71 bits per heavy atom. The SMILES string of the molecule is C[C@@H]1CN(c2ccncc2C(=O)O)C[C@H](C)O1. The van der Waals surface area contributed by atoms with Crippen LogP contribution in [0.5, 0.6) is 0 Å². The van der Waals surface area contributed by atoms with Crippen LogP contribution in [0.3, 0.4) is 0 Å². The largest absolute Gasteiger partial charge is 0.478 e. The van der Waals surface area contributed by atoms with Crippen LogP contribution >= 0.6 is 0 Å². The molecular formula is C12H16N2O3. The molecule has 0 radical (unpaired) electrons. The molecule has 2 heterocycles. The molecule has 0 spiro atoms. The number of carboxylic acid groups (broad SMARTS) is 1. The number of ether oxygens (including phenoxy) is 1. The summed E-state index contributed by atoms with van der Waals surface area (Å²) >= 11 is 0. The fraction of sp³-hybridized carbons (Fsp3) is 0.500. The zero-order chi connectivity index (χ0) is 12.4. The van der Waals surface area contributed by atoms with Crippen molar-refractivity contribution in [2.24, 2.45) is 0 Å². The van der Waals surface area contributed by atoms with Crippen molar-refractivity contribution >= 4 is 11.7 Å². The average Bonchev–Trinajstić information content (AvgIpc) is 2.27. The van der Waals surface area contributed by atoms with Crippen molar-refractivity contribution in [3.63, 3.8) is 0 Å². The smallest absolute Gasteiger partial charge is 0.339 e. The van der Waals surface area contributed by atoms with Gasteiger partial charge in [-0.05, 0) is 19.9 Å². The second kappa shape index (κ2) is 4.71. The lowest BCUT2D eigenvalue weighted by Crippen LogP contribution is -2.46. The molecule has 0 aliphatic carbocycles. The molecule has 0 bridgehead atoms. The summed E-state index contributed by atoms with van der Waals surface area (Å²) < 4.78 is 5.63. The zero-order valence-corrected chi connectivity index (χ0v) is 9.96. The van der Waals surface area contributed by atoms with Crippen molar-refractivity contribution in [2.75, 3.05) is 18.0 Å². The van der Waals surface area contributed by atoms with Gasteiger partial charge in [0, 0.05) is 25.5 Å². The highest BCUT2D eigenvalue weighted by atomic mass is 16.5. The van der Waals surface area contributed by atoms with Gasteiger partial charge >= 0.3 is 5.97 Å². The fourth-order valence-electron chi connectivity index (χ4n) is 2.20. The molecule has 2 atom stereocenters. The molecule has 0 amide bonds. The number of rotatable bonds is 2. The minimum absolute atomic E-state index is 0.105. The van der Waals surface area contributed by atoms with E-state index < -0.39 is 5.97 Å². The van der Waals surface area contributed by atoms with E-state index >= 15 is 0 Å². The minimum Gasteiger partial charge on any atom is -0.478 e. The third-order valence-corrected chi connectivity index (χ3v) is 2.79. The van der Waals surface area contributed by atoms with Crippen LogP contribution in [0.2, 0.25) is 0 Å². The van der Waals surface area contributed by atoms with Gasteiger partial charge in [-0.3, -0.25) is 4.98 Å². The van der Waals surface area contributed by atoms with Crippen LogP contribution in [0.1, 0.15) is 24.2 Å². The topological polar surface area (TPSA) is 62.7 Å². The Labute approximate surface area is 100 Å². The minimum atomic E-state index is -0.945. The maximum atomic E-state index is 11.1. The number of aromatic carboxylic acids is 1. The van der Waals surface area contributed by atoms with Crippen LogP contribution < -0.4 is 4.90 Å². The molecule has 17 heavy (non-hydrogen) atoms. The first-order valence-electron chi connectivity index (χ1n) is 5.65. The van der Waals surface area contributed by atoms with Gasteiger partial charge < -0.3 is 14.7 Å². The van der Waals surface area contributed by atoms with Gasteiger partial charge in [-0.15, -0.1) is 0 Å². The summed E-state index contributed by atoms with van der Waals surface area (Å²) in [6, 6.07) is 1.74. The van der Waals surface area contributed by atoms with E-state index in [9.17, 15) is 4.79 Å². The number of anilines is 1. The van der Waals surface area contributed by atoms with Crippen LogP contribution in [0.15, 0.2) is 18.5 Å². The van der Waals surface area contributed by atoms with Crippen molar-refractivity contribution in [1.29, 1.82) is 0 Å². The zero-order valence-electron chi connectivity index (χ0n) is 9.96. The molecule has 0 unspecified atom stereocenters. The number of pyridine rings is 1. The van der Waals surface area contributed by atoms with Crippen molar-refractivity contribution in [3.8, 4) is 0 Å². The number of morpholine rings is 1. The summed E-state index contributed by atoms with van der Waals surface area (Å²) in [6.45, 7) is 5.39. The highest BCUT2D eigenvalue weighted by Gasteiger charge is 2.25. The summed E-state index contributed by atoms with van der Waals surface area (Å²) in [7, 11) is 0. The third kappa shape index (κ3) is 2.55. The monoisotopic (exact) mass is 236 g/mol. The Kier molecular flexibility index (Phi) is 3.28. The maximum absolute atomic E-state index is 11.1. The third-order valence-electron chi connectivity index (χ3n) is 2.79. The van der Waals surface area contributed by atoms with Gasteiger partial charge in [-0.1, -0.05) is 0 Å². The van der Waals surface area contributed by atoms with Crippen LogP contribution in [0.4, 0.5) is 5.69 Å². The summed E-state index contributed by atoms with van der Waals surface area (Å²) in [5, 5.41) is 9.13. The van der Waals surface area contributed by atoms with Gasteiger partial charge in [0.15, 0.2) is 0 Å². The normalized spacial score (nSPS) is 24.7. The number of nitrogens with zero attached hydrogens (tertiary/aromatic N) is 2. The van der Waals surface area contributed by atoms with Gasteiger partial charge in [0.25, 0.3) is 0 Å². The first-order chi connectivity index (χ1) is 8.08. The number of hydrogen-bond acceptors (Lipinski definition) is 4. The molecule has 1 aliphatic rings. The number of hydrogen-bond donors (Lipinski definition) is 1. The lowest BCUT2D eigenvalue weighted by Gasteiger charge is -2.37. The molecule has 1 fully saturated rings. The molecule has 1 saturated heterocycles. The van der Waals surface area contributed by atoms with Crippen molar-refractivity contribution in [1.82, 2.24) is 4.98 Å². The molecule has 2 rings (SSSR count). The Hall–Kier alpha value is -1.62. The summed E-state index contributed by atoms with van der Waals surface area (Å²) in [4.78, 5) is 17.0. The van der Waals surface area contributed by atoms with E-state index in [1.807, 2.05) is 18.7 Å². The summed E-state index contributed by atoms with van der Waals surface area (Å²) in [6.07, 6.45) is 3.22. The predicted molar refractivity (Wildman–Crippen MR) is 63.4 cm³/mol. The maximum Gasteiger partial charge on any atom is 0.339 e. The van der Waals surface area contributed by atoms with Gasteiger partial charge in [0.05, 0.1) is 17.9 Å². The highest BCUT2D eigenvalue weighted by Crippen LogP contribution is 2.23. The van der Waals surface area contributed by atoms with E-state index in [4.69, 9.17) is 9.84 Å². The van der Waals surface area contributed by atoms with Crippen LogP contribution in [-0.4, -0.2) is 41.4 Å². The van der Waals surface area contributed by atoms with Gasteiger partial charge in [0.1, 0.15) is 5.56 Å². The van der Waals surface area contributed by atoms with E-state index in [-0.39, 0.29) is 17.8 Å². The van der Waals surface area contributed by atoms with Crippen molar-refractivity contribution in [2.45, 2.75) is 26.1 Å². The lowest BCUT2D eigenvalue weighted by molar-refractivity contribution is -0.00532. The predicted octanol–water partition coefficient (Wildman–Crippen LogP) is 1.39. The number of carboxylic acids is 1. The van der Waals surface area contributed by atoms with E-state index in [2.05, 4.69) is 4.98 Å². The average molecular weight is 236 g/mol. The van der Waals surface area contributed by atoms with E-state index in [0.717, 1.165) is 5.69 Å². The van der Waals surface area contributed by atoms with E-state index in [1.54, 1.807) is 12.3 Å². The first kappa shape index (κ1) is 11.9. The van der Waals surface area contributed by atoms with Gasteiger partial charge in [-0.2, -0.15) is 0 Å². The molecule has 92 valence electrons. The Morgan fingerprint density at radius 1 is 1.47 bits per heavy atom. The second-order valence-electron chi connectivity index (χ2n) is 4.36. The fourth-order valence-corrected chi connectivity index (χ4v) is 2.20. The van der Waals surface area contributed by atoms with Crippen molar-refractivity contribution in [3.05, 3.63) is 24.0 Å². The summed E-state index contributed by atoms with van der Waals surface area (Å²) in [5.74, 6) is -0.945. The van der Waals surface area contributed by atoms with E-state index in [1.165, 1.54) is 6.20 Å². The van der Waals surface area contributed by atoms with Crippen LogP contribution in [0.25, 0.3) is 0 Å². The molecular weight excluding hydrogens is 220 g/mol. The van der Waals surface area contributed by atoms with E-state index in [0.29, 0.717) is 13.1 Å². The standard InChI is InChI=1S/C12H16N2O3/c1-8-6-14(7-9(2)17-8)11-3-4-13-5-10(11)12(15)16/h3-5,8-9H,6-7H2,1-2H3,(H,15,16)/t8-,9+.